The molecule has 0 radical (unpaired) electrons. The van der Waals surface area contributed by atoms with E-state index < -0.39 is 35.2 Å². The molecule has 3 amide bonds. The second-order valence-electron chi connectivity index (χ2n) is 6.64. The molecule has 162 valence electrons. The van der Waals surface area contributed by atoms with Crippen LogP contribution in [0.25, 0.3) is 0 Å². The maximum Gasteiger partial charge on any atom is 0.240 e. The summed E-state index contributed by atoms with van der Waals surface area (Å²) in [6.45, 7) is 1.89. The normalized spacial score (nSPS) is 11.6. The molecule has 0 saturated heterocycles. The Kier molecular flexibility index (Phi) is 11.3. The quantitative estimate of drug-likeness (QED) is 0.406. The Balaban J connectivity index is 2.33. The van der Waals surface area contributed by atoms with Crippen LogP contribution in [0.1, 0.15) is 51.9 Å². The molecule has 0 aromatic heterocycles. The highest BCUT2D eigenvalue weighted by atomic mass is 19.1. The third kappa shape index (κ3) is 9.87. The van der Waals surface area contributed by atoms with E-state index in [1.807, 2.05) is 0 Å². The van der Waals surface area contributed by atoms with E-state index in [2.05, 4.69) is 17.6 Å². The van der Waals surface area contributed by atoms with Crippen LogP contribution in [-0.2, 0) is 14.4 Å². The van der Waals surface area contributed by atoms with Crippen molar-refractivity contribution >= 4 is 17.7 Å². The lowest BCUT2D eigenvalue weighted by molar-refractivity contribution is -0.130. The molecule has 0 bridgehead atoms. The topological polar surface area (TPSA) is 111 Å². The van der Waals surface area contributed by atoms with Gasteiger partial charge >= 0.3 is 0 Å². The fourth-order valence-electron chi connectivity index (χ4n) is 2.60. The van der Waals surface area contributed by atoms with E-state index in [9.17, 15) is 23.2 Å². The van der Waals surface area contributed by atoms with E-state index in [1.54, 1.807) is 0 Å². The van der Waals surface area contributed by atoms with Gasteiger partial charge in [0.2, 0.25) is 17.7 Å². The van der Waals surface area contributed by atoms with Crippen LogP contribution in [-0.4, -0.2) is 36.9 Å². The molecule has 0 fully saturated rings. The molecule has 0 saturated carbocycles. The smallest absolute Gasteiger partial charge is 0.240 e. The minimum atomic E-state index is -1.12. The predicted molar refractivity (Wildman–Crippen MR) is 104 cm³/mol. The van der Waals surface area contributed by atoms with E-state index in [-0.39, 0.29) is 31.9 Å². The number of hydrogen-bond acceptors (Lipinski definition) is 4. The van der Waals surface area contributed by atoms with Crippen LogP contribution < -0.4 is 21.1 Å². The molecule has 0 aliphatic heterocycles. The molecule has 0 aliphatic rings. The van der Waals surface area contributed by atoms with Gasteiger partial charge in [-0.3, -0.25) is 14.4 Å². The number of benzene rings is 1. The zero-order valence-electron chi connectivity index (χ0n) is 16.6. The summed E-state index contributed by atoms with van der Waals surface area (Å²) >= 11 is 0. The lowest BCUT2D eigenvalue weighted by Crippen LogP contribution is -2.47. The summed E-state index contributed by atoms with van der Waals surface area (Å²) in [4.78, 5) is 35.3. The SMILES string of the molecule is CCCCCCCC(=O)NC(CC(=O)NCCOc1c(F)cccc1F)C(N)=O. The van der Waals surface area contributed by atoms with Gasteiger partial charge in [0.05, 0.1) is 13.0 Å². The van der Waals surface area contributed by atoms with Crippen molar-refractivity contribution in [2.45, 2.75) is 57.9 Å². The predicted octanol–water partition coefficient (Wildman–Crippen LogP) is 2.18. The summed E-state index contributed by atoms with van der Waals surface area (Å²) in [5, 5.41) is 4.91. The summed E-state index contributed by atoms with van der Waals surface area (Å²) in [6.07, 6.45) is 4.82. The number of halogens is 2. The Labute approximate surface area is 169 Å². The third-order valence-corrected chi connectivity index (χ3v) is 4.17. The number of para-hydroxylation sites is 1. The van der Waals surface area contributed by atoms with Gasteiger partial charge in [-0.15, -0.1) is 0 Å². The van der Waals surface area contributed by atoms with Gasteiger partial charge in [0.1, 0.15) is 12.6 Å². The number of ether oxygens (including phenoxy) is 1. The number of primary amides is 1. The van der Waals surface area contributed by atoms with Gasteiger partial charge in [-0.1, -0.05) is 38.7 Å². The number of hydrogen-bond donors (Lipinski definition) is 3. The molecule has 0 spiro atoms. The van der Waals surface area contributed by atoms with Gasteiger partial charge in [-0.25, -0.2) is 8.78 Å². The Bertz CT molecular complexity index is 665. The van der Waals surface area contributed by atoms with E-state index in [1.165, 1.54) is 6.07 Å². The van der Waals surface area contributed by atoms with Crippen molar-refractivity contribution in [3.05, 3.63) is 29.8 Å². The van der Waals surface area contributed by atoms with Crippen molar-refractivity contribution in [1.29, 1.82) is 0 Å². The molecule has 1 aromatic carbocycles. The summed E-state index contributed by atoms with van der Waals surface area (Å²) in [7, 11) is 0. The summed E-state index contributed by atoms with van der Waals surface area (Å²) < 4.78 is 31.8. The lowest BCUT2D eigenvalue weighted by Gasteiger charge is -2.15. The van der Waals surface area contributed by atoms with Gasteiger partial charge in [0, 0.05) is 6.42 Å². The van der Waals surface area contributed by atoms with Crippen LogP contribution in [0, 0.1) is 11.6 Å². The maximum absolute atomic E-state index is 13.4. The molecule has 7 nitrogen and oxygen atoms in total. The van der Waals surface area contributed by atoms with E-state index in [0.717, 1.165) is 37.8 Å². The number of nitrogens with one attached hydrogen (secondary N) is 2. The molecule has 0 aliphatic carbocycles. The first-order valence-electron chi connectivity index (χ1n) is 9.77. The number of rotatable bonds is 14. The van der Waals surface area contributed by atoms with Crippen molar-refractivity contribution < 1.29 is 27.9 Å². The largest absolute Gasteiger partial charge is 0.486 e. The molecule has 1 rings (SSSR count). The molecule has 9 heteroatoms. The molecule has 29 heavy (non-hydrogen) atoms. The van der Waals surface area contributed by atoms with Crippen LogP contribution in [0.15, 0.2) is 18.2 Å². The zero-order chi connectivity index (χ0) is 21.6. The minimum absolute atomic E-state index is 0.0382. The molecular formula is C20H29F2N3O4. The van der Waals surface area contributed by atoms with Crippen molar-refractivity contribution in [3.8, 4) is 5.75 Å². The first-order valence-corrected chi connectivity index (χ1v) is 9.77. The average Bonchev–Trinajstić information content (AvgIpc) is 2.66. The number of unbranched alkanes of at least 4 members (excludes halogenated alkanes) is 4. The molecule has 4 N–H and O–H groups in total. The van der Waals surface area contributed by atoms with E-state index in [0.29, 0.717) is 6.42 Å². The third-order valence-electron chi connectivity index (χ3n) is 4.17. The molecule has 1 aromatic rings. The van der Waals surface area contributed by atoms with Crippen LogP contribution in [0.4, 0.5) is 8.78 Å². The highest BCUT2D eigenvalue weighted by Gasteiger charge is 2.21. The van der Waals surface area contributed by atoms with Gasteiger partial charge in [0.15, 0.2) is 17.4 Å². The van der Waals surface area contributed by atoms with Crippen LogP contribution in [0.3, 0.4) is 0 Å². The Morgan fingerprint density at radius 3 is 2.34 bits per heavy atom. The van der Waals surface area contributed by atoms with Gasteiger partial charge in [-0.2, -0.15) is 0 Å². The minimum Gasteiger partial charge on any atom is -0.486 e. The van der Waals surface area contributed by atoms with E-state index in [4.69, 9.17) is 10.5 Å². The molecule has 1 atom stereocenters. The van der Waals surface area contributed by atoms with Crippen molar-refractivity contribution in [2.24, 2.45) is 5.73 Å². The highest BCUT2D eigenvalue weighted by Crippen LogP contribution is 2.20. The Hall–Kier alpha value is -2.71. The molecular weight excluding hydrogens is 384 g/mol. The summed E-state index contributed by atoms with van der Waals surface area (Å²) in [5.41, 5.74) is 5.25. The average molecular weight is 413 g/mol. The van der Waals surface area contributed by atoms with Crippen molar-refractivity contribution in [1.82, 2.24) is 10.6 Å². The van der Waals surface area contributed by atoms with E-state index >= 15 is 0 Å². The van der Waals surface area contributed by atoms with Gasteiger partial charge < -0.3 is 21.1 Å². The number of carbonyl (C=O) groups excluding carboxylic acids is 3. The van der Waals surface area contributed by atoms with Crippen molar-refractivity contribution in [2.75, 3.05) is 13.2 Å². The van der Waals surface area contributed by atoms with Gasteiger partial charge in [0.25, 0.3) is 0 Å². The number of carbonyl (C=O) groups is 3. The van der Waals surface area contributed by atoms with Crippen molar-refractivity contribution in [3.63, 3.8) is 0 Å². The van der Waals surface area contributed by atoms with Crippen LogP contribution >= 0.6 is 0 Å². The highest BCUT2D eigenvalue weighted by molar-refractivity contribution is 5.91. The zero-order valence-corrected chi connectivity index (χ0v) is 16.6. The monoisotopic (exact) mass is 413 g/mol. The molecule has 0 heterocycles. The number of nitrogens with two attached hydrogens (primary N) is 1. The Morgan fingerprint density at radius 1 is 1.07 bits per heavy atom. The Morgan fingerprint density at radius 2 is 1.72 bits per heavy atom. The van der Waals surface area contributed by atoms with Crippen LogP contribution in [0.5, 0.6) is 5.75 Å². The summed E-state index contributed by atoms with van der Waals surface area (Å²) in [5.74, 6) is -3.91. The van der Waals surface area contributed by atoms with Crippen LogP contribution in [0.2, 0.25) is 0 Å². The second-order valence-corrected chi connectivity index (χ2v) is 6.64. The maximum atomic E-state index is 13.4. The first-order chi connectivity index (χ1) is 13.8. The molecule has 1 unspecified atom stereocenters. The number of amides is 3. The fourth-order valence-corrected chi connectivity index (χ4v) is 2.60. The summed E-state index contributed by atoms with van der Waals surface area (Å²) in [6, 6.07) is 2.20. The first kappa shape index (κ1) is 24.3. The standard InChI is InChI=1S/C20H29F2N3O4/c1-2-3-4-5-6-10-17(26)25-16(20(23)28)13-18(27)24-11-12-29-19-14(21)8-7-9-15(19)22/h7-9,16H,2-6,10-13H2,1H3,(H2,23,28)(H,24,27)(H,25,26). The second kappa shape index (κ2) is 13.5. The van der Waals surface area contributed by atoms with Gasteiger partial charge in [-0.05, 0) is 18.6 Å². The lowest BCUT2D eigenvalue weighted by atomic mass is 10.1. The fraction of sp³-hybridized carbons (Fsp3) is 0.550.